The summed E-state index contributed by atoms with van der Waals surface area (Å²) in [6.07, 6.45) is 0. The number of carbonyl (C=O) groups is 1. The Morgan fingerprint density at radius 3 is 2.39 bits per heavy atom. The zero-order valence-corrected chi connectivity index (χ0v) is 10.3. The van der Waals surface area contributed by atoms with Crippen LogP contribution < -0.4 is 0 Å². The summed E-state index contributed by atoms with van der Waals surface area (Å²) in [5, 5.41) is 9.24. The Morgan fingerprint density at radius 1 is 1.11 bits per heavy atom. The summed E-state index contributed by atoms with van der Waals surface area (Å²) >= 11 is 0. The maximum Gasteiger partial charge on any atom is 0.271 e. The minimum absolute atomic E-state index is 0.129. The van der Waals surface area contributed by atoms with E-state index in [1.54, 1.807) is 50.5 Å². The second-order valence-corrected chi connectivity index (χ2v) is 4.15. The highest BCUT2D eigenvalue weighted by Crippen LogP contribution is 2.20. The highest BCUT2D eigenvalue weighted by Gasteiger charge is 2.10. The molecule has 4 nitrogen and oxygen atoms in total. The molecule has 0 saturated heterocycles. The van der Waals surface area contributed by atoms with Gasteiger partial charge in [-0.2, -0.15) is 0 Å². The molecule has 1 heterocycles. The minimum Gasteiger partial charge on any atom is -0.508 e. The zero-order chi connectivity index (χ0) is 13.1. The standard InChI is InChI=1S/C14H14N2O2/c1-16(2)14(18)13-5-3-4-12(15-13)10-6-8-11(17)9-7-10/h3-9,17H,1-2H3. The van der Waals surface area contributed by atoms with E-state index < -0.39 is 0 Å². The molecule has 0 spiro atoms. The Hall–Kier alpha value is -2.36. The van der Waals surface area contributed by atoms with E-state index in [0.29, 0.717) is 11.4 Å². The monoisotopic (exact) mass is 242 g/mol. The van der Waals surface area contributed by atoms with Crippen LogP contribution in [0.25, 0.3) is 11.3 Å². The van der Waals surface area contributed by atoms with Crippen LogP contribution in [0.1, 0.15) is 10.5 Å². The molecule has 1 aromatic carbocycles. The zero-order valence-electron chi connectivity index (χ0n) is 10.3. The van der Waals surface area contributed by atoms with Crippen molar-refractivity contribution < 1.29 is 9.90 Å². The van der Waals surface area contributed by atoms with E-state index >= 15 is 0 Å². The van der Waals surface area contributed by atoms with E-state index in [9.17, 15) is 9.90 Å². The topological polar surface area (TPSA) is 53.4 Å². The Labute approximate surface area is 106 Å². The maximum atomic E-state index is 11.8. The summed E-state index contributed by atoms with van der Waals surface area (Å²) in [6.45, 7) is 0. The van der Waals surface area contributed by atoms with Gasteiger partial charge in [0.2, 0.25) is 0 Å². The molecular formula is C14H14N2O2. The molecule has 0 atom stereocenters. The Kier molecular flexibility index (Phi) is 3.28. The van der Waals surface area contributed by atoms with Crippen molar-refractivity contribution in [2.45, 2.75) is 0 Å². The molecule has 2 rings (SSSR count). The molecule has 2 aromatic rings. The summed E-state index contributed by atoms with van der Waals surface area (Å²) in [5.41, 5.74) is 1.98. The lowest BCUT2D eigenvalue weighted by molar-refractivity contribution is 0.0822. The highest BCUT2D eigenvalue weighted by atomic mass is 16.3. The van der Waals surface area contributed by atoms with Gasteiger partial charge in [-0.1, -0.05) is 6.07 Å². The van der Waals surface area contributed by atoms with Gasteiger partial charge in [0.15, 0.2) is 0 Å². The Balaban J connectivity index is 2.38. The van der Waals surface area contributed by atoms with Gasteiger partial charge in [-0.25, -0.2) is 4.98 Å². The van der Waals surface area contributed by atoms with E-state index in [0.717, 1.165) is 5.56 Å². The van der Waals surface area contributed by atoms with Crippen LogP contribution in [0.15, 0.2) is 42.5 Å². The van der Waals surface area contributed by atoms with Crippen molar-refractivity contribution in [2.75, 3.05) is 14.1 Å². The second kappa shape index (κ2) is 4.87. The van der Waals surface area contributed by atoms with Crippen LogP contribution in [-0.4, -0.2) is 35.0 Å². The van der Waals surface area contributed by atoms with E-state index in [1.165, 1.54) is 4.90 Å². The van der Waals surface area contributed by atoms with Gasteiger partial charge in [0.05, 0.1) is 5.69 Å². The van der Waals surface area contributed by atoms with Crippen molar-refractivity contribution in [1.82, 2.24) is 9.88 Å². The lowest BCUT2D eigenvalue weighted by Crippen LogP contribution is -2.22. The lowest BCUT2D eigenvalue weighted by Gasteiger charge is -2.10. The summed E-state index contributed by atoms with van der Waals surface area (Å²) in [6, 6.07) is 12.0. The van der Waals surface area contributed by atoms with Crippen molar-refractivity contribution >= 4 is 5.91 Å². The number of benzene rings is 1. The average molecular weight is 242 g/mol. The van der Waals surface area contributed by atoms with Gasteiger partial charge in [0, 0.05) is 19.7 Å². The maximum absolute atomic E-state index is 11.8. The molecule has 0 saturated carbocycles. The van der Waals surface area contributed by atoms with Crippen LogP contribution in [0.3, 0.4) is 0 Å². The predicted octanol–water partition coefficient (Wildman–Crippen LogP) is 2.16. The van der Waals surface area contributed by atoms with Gasteiger partial charge in [-0.05, 0) is 36.4 Å². The third kappa shape index (κ3) is 2.48. The van der Waals surface area contributed by atoms with E-state index in [2.05, 4.69) is 4.98 Å². The summed E-state index contributed by atoms with van der Waals surface area (Å²) in [7, 11) is 3.38. The fourth-order valence-electron chi connectivity index (χ4n) is 1.58. The number of amides is 1. The molecule has 1 aromatic heterocycles. The number of phenolic OH excluding ortho intramolecular Hbond substituents is 1. The SMILES string of the molecule is CN(C)C(=O)c1cccc(-c2ccc(O)cc2)n1. The van der Waals surface area contributed by atoms with Gasteiger partial charge in [0.1, 0.15) is 11.4 Å². The first-order chi connectivity index (χ1) is 8.58. The Morgan fingerprint density at radius 2 is 1.78 bits per heavy atom. The van der Waals surface area contributed by atoms with Gasteiger partial charge in [-0.3, -0.25) is 4.79 Å². The largest absolute Gasteiger partial charge is 0.508 e. The smallest absolute Gasteiger partial charge is 0.271 e. The molecule has 92 valence electrons. The van der Waals surface area contributed by atoms with Gasteiger partial charge >= 0.3 is 0 Å². The Bertz CT molecular complexity index is 562. The summed E-state index contributed by atoms with van der Waals surface area (Å²) in [5.74, 6) is 0.0786. The molecule has 0 unspecified atom stereocenters. The number of hydrogen-bond acceptors (Lipinski definition) is 3. The van der Waals surface area contributed by atoms with E-state index in [4.69, 9.17) is 0 Å². The normalized spacial score (nSPS) is 10.1. The molecule has 0 radical (unpaired) electrons. The molecule has 4 heteroatoms. The van der Waals surface area contributed by atoms with Crippen LogP contribution in [0, 0.1) is 0 Å². The van der Waals surface area contributed by atoms with Crippen LogP contribution in [0.5, 0.6) is 5.75 Å². The van der Waals surface area contributed by atoms with Crippen LogP contribution in [0.4, 0.5) is 0 Å². The fourth-order valence-corrected chi connectivity index (χ4v) is 1.58. The van der Waals surface area contributed by atoms with Gasteiger partial charge in [-0.15, -0.1) is 0 Å². The number of aromatic hydroxyl groups is 1. The van der Waals surface area contributed by atoms with Crippen molar-refractivity contribution in [1.29, 1.82) is 0 Å². The third-order valence-electron chi connectivity index (χ3n) is 2.54. The fraction of sp³-hybridized carbons (Fsp3) is 0.143. The molecule has 0 aliphatic rings. The first-order valence-electron chi connectivity index (χ1n) is 5.56. The number of aromatic nitrogens is 1. The van der Waals surface area contributed by atoms with Crippen LogP contribution in [-0.2, 0) is 0 Å². The predicted molar refractivity (Wildman–Crippen MR) is 69.4 cm³/mol. The van der Waals surface area contributed by atoms with Crippen molar-refractivity contribution in [2.24, 2.45) is 0 Å². The summed E-state index contributed by atoms with van der Waals surface area (Å²) < 4.78 is 0. The minimum atomic E-state index is -0.129. The third-order valence-corrected chi connectivity index (χ3v) is 2.54. The van der Waals surface area contributed by atoms with Crippen molar-refractivity contribution in [3.63, 3.8) is 0 Å². The second-order valence-electron chi connectivity index (χ2n) is 4.15. The molecule has 1 N–H and O–H groups in total. The number of pyridine rings is 1. The van der Waals surface area contributed by atoms with Crippen LogP contribution in [0.2, 0.25) is 0 Å². The molecule has 0 aliphatic carbocycles. The lowest BCUT2D eigenvalue weighted by atomic mass is 10.1. The van der Waals surface area contributed by atoms with Crippen molar-refractivity contribution in [3.05, 3.63) is 48.2 Å². The molecule has 0 bridgehead atoms. The number of nitrogens with zero attached hydrogens (tertiary/aromatic N) is 2. The molecule has 0 aliphatic heterocycles. The quantitative estimate of drug-likeness (QED) is 0.878. The molecular weight excluding hydrogens is 228 g/mol. The van der Waals surface area contributed by atoms with Gasteiger partial charge in [0.25, 0.3) is 5.91 Å². The highest BCUT2D eigenvalue weighted by molar-refractivity contribution is 5.92. The van der Waals surface area contributed by atoms with Crippen molar-refractivity contribution in [3.8, 4) is 17.0 Å². The van der Waals surface area contributed by atoms with Crippen LogP contribution >= 0.6 is 0 Å². The number of phenols is 1. The van der Waals surface area contributed by atoms with E-state index in [1.807, 2.05) is 6.07 Å². The number of carbonyl (C=O) groups excluding carboxylic acids is 1. The van der Waals surface area contributed by atoms with Gasteiger partial charge < -0.3 is 10.0 Å². The first kappa shape index (κ1) is 12.1. The van der Waals surface area contributed by atoms with E-state index in [-0.39, 0.29) is 11.7 Å². The summed E-state index contributed by atoms with van der Waals surface area (Å²) in [4.78, 5) is 17.6. The first-order valence-corrected chi connectivity index (χ1v) is 5.56. The molecule has 1 amide bonds. The molecule has 0 fully saturated rings. The number of rotatable bonds is 2. The number of hydrogen-bond donors (Lipinski definition) is 1. The average Bonchev–Trinajstić information content (AvgIpc) is 2.38. The molecule has 18 heavy (non-hydrogen) atoms.